The molecule has 9 nitrogen and oxygen atoms in total. The highest BCUT2D eigenvalue weighted by Gasteiger charge is 2.44. The van der Waals surface area contributed by atoms with E-state index in [1.165, 1.54) is 4.90 Å². The first-order valence-electron chi connectivity index (χ1n) is 11.3. The van der Waals surface area contributed by atoms with Gasteiger partial charge in [0.2, 0.25) is 6.10 Å². The third-order valence-corrected chi connectivity index (χ3v) is 5.38. The smallest absolute Gasteiger partial charge is 0.351 e. The molecular weight excluding hydrogens is 428 g/mol. The molecule has 0 aliphatic carbocycles. The maximum Gasteiger partial charge on any atom is 0.351 e. The SMILES string of the molecule is CC(=O)O[C@@H](C(=O)OC(C)(C)C)[C@H]1OCCN(c2cccc(C(=O)N3CCCCC3)c2)C1=O. The van der Waals surface area contributed by atoms with E-state index in [-0.39, 0.29) is 19.1 Å². The molecule has 0 aromatic heterocycles. The number of anilines is 1. The van der Waals surface area contributed by atoms with E-state index in [1.807, 2.05) is 4.90 Å². The topological polar surface area (TPSA) is 102 Å². The van der Waals surface area contributed by atoms with Crippen molar-refractivity contribution in [3.05, 3.63) is 29.8 Å². The maximum atomic E-state index is 13.3. The Balaban J connectivity index is 1.82. The van der Waals surface area contributed by atoms with Gasteiger partial charge in [-0.1, -0.05) is 6.07 Å². The number of likely N-dealkylation sites (tertiary alicyclic amines) is 1. The molecule has 0 radical (unpaired) electrons. The number of esters is 2. The van der Waals surface area contributed by atoms with Crippen molar-refractivity contribution in [3.8, 4) is 0 Å². The van der Waals surface area contributed by atoms with Crippen molar-refractivity contribution in [2.75, 3.05) is 31.1 Å². The number of hydrogen-bond acceptors (Lipinski definition) is 7. The summed E-state index contributed by atoms with van der Waals surface area (Å²) in [5, 5.41) is 0. The largest absolute Gasteiger partial charge is 0.457 e. The molecular formula is C24H32N2O7. The van der Waals surface area contributed by atoms with Crippen molar-refractivity contribution >= 4 is 29.4 Å². The van der Waals surface area contributed by atoms with Gasteiger partial charge in [0, 0.05) is 37.8 Å². The lowest BCUT2D eigenvalue weighted by Gasteiger charge is -2.36. The van der Waals surface area contributed by atoms with E-state index in [0.717, 1.165) is 39.3 Å². The van der Waals surface area contributed by atoms with E-state index >= 15 is 0 Å². The quantitative estimate of drug-likeness (QED) is 0.622. The number of piperidine rings is 1. The molecule has 2 fully saturated rings. The van der Waals surface area contributed by atoms with Crippen LogP contribution in [-0.4, -0.2) is 72.7 Å². The van der Waals surface area contributed by atoms with Crippen LogP contribution in [0.4, 0.5) is 5.69 Å². The lowest BCUT2D eigenvalue weighted by Crippen LogP contribution is -2.56. The number of hydrogen-bond donors (Lipinski definition) is 0. The first-order valence-corrected chi connectivity index (χ1v) is 11.3. The summed E-state index contributed by atoms with van der Waals surface area (Å²) in [6, 6.07) is 6.85. The van der Waals surface area contributed by atoms with Crippen molar-refractivity contribution in [3.63, 3.8) is 0 Å². The zero-order chi connectivity index (χ0) is 24.2. The van der Waals surface area contributed by atoms with Gasteiger partial charge in [-0.2, -0.15) is 0 Å². The number of amides is 2. The summed E-state index contributed by atoms with van der Waals surface area (Å²) >= 11 is 0. The molecule has 2 amide bonds. The number of carbonyl (C=O) groups excluding carboxylic acids is 4. The third-order valence-electron chi connectivity index (χ3n) is 5.38. The standard InChI is InChI=1S/C24H32N2O7/c1-16(27)32-20(23(30)33-24(2,3)4)19-22(29)26(13-14-31-19)18-10-8-9-17(15-18)21(28)25-11-6-5-7-12-25/h8-10,15,19-20H,5-7,11-14H2,1-4H3/t19-,20-/m1/s1. The number of nitrogens with zero attached hydrogens (tertiary/aromatic N) is 2. The number of rotatable bonds is 5. The maximum absolute atomic E-state index is 13.3. The van der Waals surface area contributed by atoms with Crippen LogP contribution in [0.3, 0.4) is 0 Å². The lowest BCUT2D eigenvalue weighted by molar-refractivity contribution is -0.188. The molecule has 0 N–H and O–H groups in total. The Labute approximate surface area is 193 Å². The highest BCUT2D eigenvalue weighted by atomic mass is 16.6. The molecule has 0 bridgehead atoms. The second-order valence-corrected chi connectivity index (χ2v) is 9.25. The van der Waals surface area contributed by atoms with Crippen LogP contribution in [0.15, 0.2) is 24.3 Å². The van der Waals surface area contributed by atoms with Gasteiger partial charge in [0.05, 0.1) is 6.61 Å². The van der Waals surface area contributed by atoms with Crippen LogP contribution in [0.2, 0.25) is 0 Å². The summed E-state index contributed by atoms with van der Waals surface area (Å²) in [6.07, 6.45) is 0.206. The molecule has 2 aliphatic heterocycles. The van der Waals surface area contributed by atoms with Crippen molar-refractivity contribution < 1.29 is 33.4 Å². The molecule has 3 rings (SSSR count). The predicted octanol–water partition coefficient (Wildman–Crippen LogP) is 2.32. The van der Waals surface area contributed by atoms with Crippen LogP contribution < -0.4 is 4.90 Å². The number of carbonyl (C=O) groups is 4. The fourth-order valence-electron chi connectivity index (χ4n) is 3.94. The molecule has 0 saturated carbocycles. The van der Waals surface area contributed by atoms with Crippen LogP contribution in [0, 0.1) is 0 Å². The summed E-state index contributed by atoms with van der Waals surface area (Å²) in [5.74, 6) is -2.19. The zero-order valence-electron chi connectivity index (χ0n) is 19.7. The van der Waals surface area contributed by atoms with E-state index in [0.29, 0.717) is 11.3 Å². The molecule has 2 saturated heterocycles. The van der Waals surface area contributed by atoms with Crippen LogP contribution >= 0.6 is 0 Å². The van der Waals surface area contributed by atoms with E-state index in [4.69, 9.17) is 14.2 Å². The molecule has 2 atom stereocenters. The fourth-order valence-corrected chi connectivity index (χ4v) is 3.94. The van der Waals surface area contributed by atoms with Crippen molar-refractivity contribution in [1.29, 1.82) is 0 Å². The normalized spacial score (nSPS) is 20.2. The number of ether oxygens (including phenoxy) is 3. The second-order valence-electron chi connectivity index (χ2n) is 9.25. The minimum absolute atomic E-state index is 0.0691. The fraction of sp³-hybridized carbons (Fsp3) is 0.583. The highest BCUT2D eigenvalue weighted by molar-refractivity contribution is 6.02. The molecule has 33 heavy (non-hydrogen) atoms. The average molecular weight is 461 g/mol. The molecule has 2 aliphatic rings. The second kappa shape index (κ2) is 10.3. The minimum Gasteiger partial charge on any atom is -0.457 e. The highest BCUT2D eigenvalue weighted by Crippen LogP contribution is 2.25. The Bertz CT molecular complexity index is 902. The molecule has 0 spiro atoms. The van der Waals surface area contributed by atoms with Gasteiger partial charge in [-0.3, -0.25) is 14.4 Å². The number of benzene rings is 1. The molecule has 1 aromatic carbocycles. The Morgan fingerprint density at radius 1 is 1.09 bits per heavy atom. The Hall–Kier alpha value is -2.94. The van der Waals surface area contributed by atoms with E-state index < -0.39 is 35.7 Å². The van der Waals surface area contributed by atoms with E-state index in [1.54, 1.807) is 45.0 Å². The first kappa shape index (κ1) is 24.7. The minimum atomic E-state index is -1.53. The van der Waals surface area contributed by atoms with Gasteiger partial charge in [-0.15, -0.1) is 0 Å². The van der Waals surface area contributed by atoms with Crippen molar-refractivity contribution in [1.82, 2.24) is 4.90 Å². The molecule has 2 heterocycles. The summed E-state index contributed by atoms with van der Waals surface area (Å²) < 4.78 is 16.1. The van der Waals surface area contributed by atoms with Crippen molar-refractivity contribution in [2.24, 2.45) is 0 Å². The van der Waals surface area contributed by atoms with E-state index in [2.05, 4.69) is 0 Å². The van der Waals surface area contributed by atoms with Gasteiger partial charge in [0.25, 0.3) is 11.8 Å². The average Bonchev–Trinajstić information content (AvgIpc) is 2.77. The van der Waals surface area contributed by atoms with Gasteiger partial charge in [0.15, 0.2) is 6.10 Å². The summed E-state index contributed by atoms with van der Waals surface area (Å²) in [5.41, 5.74) is 0.173. The number of morpholine rings is 1. The molecule has 180 valence electrons. The monoisotopic (exact) mass is 460 g/mol. The van der Waals surface area contributed by atoms with Crippen LogP contribution in [-0.2, 0) is 28.6 Å². The molecule has 0 unspecified atom stereocenters. The Morgan fingerprint density at radius 3 is 2.42 bits per heavy atom. The van der Waals surface area contributed by atoms with Crippen LogP contribution in [0.25, 0.3) is 0 Å². The van der Waals surface area contributed by atoms with Crippen LogP contribution in [0.1, 0.15) is 57.3 Å². The van der Waals surface area contributed by atoms with Gasteiger partial charge in [-0.25, -0.2) is 4.79 Å². The van der Waals surface area contributed by atoms with Gasteiger partial charge < -0.3 is 24.0 Å². The first-order chi connectivity index (χ1) is 15.6. The van der Waals surface area contributed by atoms with Gasteiger partial charge in [-0.05, 0) is 58.2 Å². The summed E-state index contributed by atoms with van der Waals surface area (Å²) in [7, 11) is 0. The third kappa shape index (κ3) is 6.31. The summed E-state index contributed by atoms with van der Waals surface area (Å²) in [6.45, 7) is 7.99. The van der Waals surface area contributed by atoms with Crippen LogP contribution in [0.5, 0.6) is 0 Å². The predicted molar refractivity (Wildman–Crippen MR) is 120 cm³/mol. The van der Waals surface area contributed by atoms with Gasteiger partial charge in [0.1, 0.15) is 5.60 Å². The van der Waals surface area contributed by atoms with E-state index in [9.17, 15) is 19.2 Å². The Morgan fingerprint density at radius 2 is 1.79 bits per heavy atom. The molecule has 1 aromatic rings. The van der Waals surface area contributed by atoms with Crippen molar-refractivity contribution in [2.45, 2.75) is 64.8 Å². The van der Waals surface area contributed by atoms with Gasteiger partial charge >= 0.3 is 11.9 Å². The zero-order valence-corrected chi connectivity index (χ0v) is 19.7. The summed E-state index contributed by atoms with van der Waals surface area (Å²) in [4.78, 5) is 53.8. The lowest BCUT2D eigenvalue weighted by atomic mass is 10.1. The Kier molecular flexibility index (Phi) is 7.73. The molecule has 9 heteroatoms.